The Kier molecular flexibility index (Phi) is 7.15. The molecular weight excluding hydrogens is 176 g/mol. The Hall–Kier alpha value is -0.120. The fourth-order valence-electron chi connectivity index (χ4n) is 1.18. The molecule has 14 heavy (non-hydrogen) atoms. The van der Waals surface area contributed by atoms with Crippen LogP contribution in [0.15, 0.2) is 0 Å². The minimum atomic E-state index is -0.273. The van der Waals surface area contributed by atoms with E-state index in [1.165, 1.54) is 6.42 Å². The minimum Gasteiger partial charge on any atom is -0.390 e. The zero-order valence-corrected chi connectivity index (χ0v) is 10.1. The number of hydrogen-bond donors (Lipinski definition) is 3. The van der Waals surface area contributed by atoms with Crippen LogP contribution in [-0.4, -0.2) is 37.9 Å². The van der Waals surface area contributed by atoms with E-state index in [0.717, 1.165) is 13.0 Å². The predicted octanol–water partition coefficient (Wildman–Crippen LogP) is 0.983. The van der Waals surface area contributed by atoms with Crippen molar-refractivity contribution in [3.05, 3.63) is 0 Å². The highest BCUT2D eigenvalue weighted by molar-refractivity contribution is 4.69. The van der Waals surface area contributed by atoms with E-state index in [1.807, 2.05) is 7.05 Å². The summed E-state index contributed by atoms with van der Waals surface area (Å²) in [5.74, 6) is 0. The molecule has 3 heteroatoms. The lowest BCUT2D eigenvalue weighted by atomic mass is 9.86. The van der Waals surface area contributed by atoms with Crippen LogP contribution >= 0.6 is 0 Å². The quantitative estimate of drug-likeness (QED) is 0.514. The van der Waals surface area contributed by atoms with Crippen molar-refractivity contribution < 1.29 is 5.11 Å². The lowest BCUT2D eigenvalue weighted by Crippen LogP contribution is -2.35. The molecule has 0 bridgehead atoms. The highest BCUT2D eigenvalue weighted by Gasteiger charge is 2.13. The van der Waals surface area contributed by atoms with Crippen molar-refractivity contribution in [2.45, 2.75) is 39.7 Å². The van der Waals surface area contributed by atoms with Gasteiger partial charge in [-0.05, 0) is 25.4 Å². The maximum absolute atomic E-state index is 9.41. The van der Waals surface area contributed by atoms with Crippen LogP contribution in [0.4, 0.5) is 0 Å². The molecule has 0 aromatic rings. The zero-order chi connectivity index (χ0) is 11.0. The first kappa shape index (κ1) is 13.9. The van der Waals surface area contributed by atoms with Crippen LogP contribution in [0.2, 0.25) is 0 Å². The van der Waals surface area contributed by atoms with Crippen LogP contribution < -0.4 is 10.6 Å². The topological polar surface area (TPSA) is 44.3 Å². The van der Waals surface area contributed by atoms with Gasteiger partial charge in [0.1, 0.15) is 0 Å². The van der Waals surface area contributed by atoms with Crippen LogP contribution in [-0.2, 0) is 0 Å². The monoisotopic (exact) mass is 202 g/mol. The van der Waals surface area contributed by atoms with Gasteiger partial charge in [-0.2, -0.15) is 0 Å². The number of aliphatic hydroxyl groups excluding tert-OH is 1. The third-order valence-corrected chi connectivity index (χ3v) is 2.76. The highest BCUT2D eigenvalue weighted by atomic mass is 16.3. The van der Waals surface area contributed by atoms with E-state index in [0.29, 0.717) is 18.5 Å². The molecule has 0 spiro atoms. The van der Waals surface area contributed by atoms with Crippen molar-refractivity contribution in [2.75, 3.05) is 26.7 Å². The first-order chi connectivity index (χ1) is 6.52. The first-order valence-corrected chi connectivity index (χ1v) is 5.55. The van der Waals surface area contributed by atoms with Gasteiger partial charge >= 0.3 is 0 Å². The molecule has 0 amide bonds. The molecule has 0 radical (unpaired) electrons. The fraction of sp³-hybridized carbons (Fsp3) is 1.00. The second kappa shape index (κ2) is 7.21. The number of hydrogen-bond acceptors (Lipinski definition) is 3. The lowest BCUT2D eigenvalue weighted by Gasteiger charge is -2.22. The Morgan fingerprint density at radius 2 is 1.93 bits per heavy atom. The lowest BCUT2D eigenvalue weighted by molar-refractivity contribution is 0.169. The molecule has 0 aliphatic carbocycles. The molecule has 3 nitrogen and oxygen atoms in total. The van der Waals surface area contributed by atoms with Gasteiger partial charge in [0.25, 0.3) is 0 Å². The Morgan fingerprint density at radius 1 is 1.29 bits per heavy atom. The van der Waals surface area contributed by atoms with Gasteiger partial charge in [0.2, 0.25) is 0 Å². The van der Waals surface area contributed by atoms with Crippen molar-refractivity contribution in [1.29, 1.82) is 0 Å². The first-order valence-electron chi connectivity index (χ1n) is 5.55. The maximum atomic E-state index is 9.41. The largest absolute Gasteiger partial charge is 0.390 e. The molecule has 0 aromatic heterocycles. The van der Waals surface area contributed by atoms with Crippen LogP contribution in [0, 0.1) is 5.41 Å². The summed E-state index contributed by atoms with van der Waals surface area (Å²) in [6.45, 7) is 9.10. The summed E-state index contributed by atoms with van der Waals surface area (Å²) >= 11 is 0. The Balaban J connectivity index is 3.37. The van der Waals surface area contributed by atoms with Crippen LogP contribution in [0.3, 0.4) is 0 Å². The summed E-state index contributed by atoms with van der Waals surface area (Å²) in [6, 6.07) is 0. The molecule has 0 saturated carbocycles. The Labute approximate surface area is 88.3 Å². The molecule has 0 aromatic carbocycles. The summed E-state index contributed by atoms with van der Waals surface area (Å²) in [5.41, 5.74) is 0.418. The summed E-state index contributed by atoms with van der Waals surface area (Å²) in [4.78, 5) is 0. The number of nitrogens with one attached hydrogen (secondary N) is 2. The summed E-state index contributed by atoms with van der Waals surface area (Å²) < 4.78 is 0. The van der Waals surface area contributed by atoms with Gasteiger partial charge in [0.15, 0.2) is 0 Å². The van der Waals surface area contributed by atoms with Gasteiger partial charge in [-0.15, -0.1) is 0 Å². The molecule has 1 unspecified atom stereocenters. The zero-order valence-electron chi connectivity index (χ0n) is 10.1. The highest BCUT2D eigenvalue weighted by Crippen LogP contribution is 2.23. The van der Waals surface area contributed by atoms with Gasteiger partial charge in [-0.3, -0.25) is 0 Å². The van der Waals surface area contributed by atoms with Crippen molar-refractivity contribution in [3.63, 3.8) is 0 Å². The molecule has 1 atom stereocenters. The van der Waals surface area contributed by atoms with E-state index in [2.05, 4.69) is 31.4 Å². The SMILES string of the molecule is CCC(C)(C)CCNCC(O)CNC. The normalized spacial score (nSPS) is 14.4. The molecule has 0 fully saturated rings. The van der Waals surface area contributed by atoms with Gasteiger partial charge < -0.3 is 15.7 Å². The molecule has 0 heterocycles. The second-order valence-electron chi connectivity index (χ2n) is 4.68. The minimum absolute atomic E-state index is 0.273. The van der Waals surface area contributed by atoms with Gasteiger partial charge in [-0.1, -0.05) is 27.2 Å². The fourth-order valence-corrected chi connectivity index (χ4v) is 1.18. The molecule has 0 aliphatic rings. The van der Waals surface area contributed by atoms with E-state index in [1.54, 1.807) is 0 Å². The number of aliphatic hydroxyl groups is 1. The van der Waals surface area contributed by atoms with Crippen LogP contribution in [0.25, 0.3) is 0 Å². The van der Waals surface area contributed by atoms with Gasteiger partial charge in [-0.25, -0.2) is 0 Å². The molecule has 0 aliphatic heterocycles. The smallest absolute Gasteiger partial charge is 0.0788 e. The van der Waals surface area contributed by atoms with Crippen LogP contribution in [0.5, 0.6) is 0 Å². The van der Waals surface area contributed by atoms with Crippen LogP contribution in [0.1, 0.15) is 33.6 Å². The van der Waals surface area contributed by atoms with Crippen molar-refractivity contribution in [3.8, 4) is 0 Å². The molecule has 0 saturated heterocycles. The molecule has 0 rings (SSSR count). The van der Waals surface area contributed by atoms with Gasteiger partial charge in [0.05, 0.1) is 6.10 Å². The van der Waals surface area contributed by atoms with Gasteiger partial charge in [0, 0.05) is 13.1 Å². The summed E-state index contributed by atoms with van der Waals surface area (Å²) in [5, 5.41) is 15.6. The Morgan fingerprint density at radius 3 is 2.43 bits per heavy atom. The Bertz CT molecular complexity index is 137. The van der Waals surface area contributed by atoms with E-state index in [4.69, 9.17) is 0 Å². The van der Waals surface area contributed by atoms with Crippen molar-refractivity contribution in [2.24, 2.45) is 5.41 Å². The summed E-state index contributed by atoms with van der Waals surface area (Å²) in [7, 11) is 1.85. The van der Waals surface area contributed by atoms with Crippen molar-refractivity contribution in [1.82, 2.24) is 10.6 Å². The number of likely N-dealkylation sites (N-methyl/N-ethyl adjacent to an activating group) is 1. The molecular formula is C11H26N2O. The second-order valence-corrected chi connectivity index (χ2v) is 4.68. The maximum Gasteiger partial charge on any atom is 0.0788 e. The average Bonchev–Trinajstić information content (AvgIpc) is 2.13. The van der Waals surface area contributed by atoms with Crippen molar-refractivity contribution >= 4 is 0 Å². The van der Waals surface area contributed by atoms with E-state index >= 15 is 0 Å². The predicted molar refractivity (Wildman–Crippen MR) is 61.5 cm³/mol. The summed E-state index contributed by atoms with van der Waals surface area (Å²) in [6.07, 6.45) is 2.09. The number of rotatable bonds is 8. The van der Waals surface area contributed by atoms with E-state index in [-0.39, 0.29) is 6.10 Å². The standard InChI is InChI=1S/C11H26N2O/c1-5-11(2,3)6-7-13-9-10(14)8-12-4/h10,12-14H,5-9H2,1-4H3. The van der Waals surface area contributed by atoms with E-state index in [9.17, 15) is 5.11 Å². The molecule has 86 valence electrons. The average molecular weight is 202 g/mol. The molecule has 3 N–H and O–H groups in total. The van der Waals surface area contributed by atoms with E-state index < -0.39 is 0 Å². The third-order valence-electron chi connectivity index (χ3n) is 2.76. The third kappa shape index (κ3) is 7.30.